The van der Waals surface area contributed by atoms with Crippen molar-refractivity contribution >= 4 is 27.2 Å². The summed E-state index contributed by atoms with van der Waals surface area (Å²) in [4.78, 5) is 12.0. The molecular weight excluding hydrogens is 248 g/mol. The van der Waals surface area contributed by atoms with Gasteiger partial charge in [-0.15, -0.1) is 0 Å². The number of halogens is 1. The van der Waals surface area contributed by atoms with Crippen LogP contribution >= 0.6 is 11.6 Å². The van der Waals surface area contributed by atoms with Gasteiger partial charge >= 0.3 is 0 Å². The van der Waals surface area contributed by atoms with Crippen molar-refractivity contribution in [3.8, 4) is 0 Å². The second-order valence-corrected chi connectivity index (χ2v) is 6.58. The van der Waals surface area contributed by atoms with Gasteiger partial charge in [0, 0.05) is 11.5 Å². The Kier molecular flexibility index (Phi) is 3.04. The Morgan fingerprint density at radius 2 is 2.00 bits per heavy atom. The number of ketones is 1. The average molecular weight is 259 g/mol. The highest BCUT2D eigenvalue weighted by Crippen LogP contribution is 2.25. The minimum atomic E-state index is -3.03. The van der Waals surface area contributed by atoms with E-state index in [0.29, 0.717) is 17.0 Å². The van der Waals surface area contributed by atoms with Crippen molar-refractivity contribution in [2.24, 2.45) is 5.92 Å². The number of sulfone groups is 1. The van der Waals surface area contributed by atoms with Gasteiger partial charge in [-0.05, 0) is 18.6 Å². The van der Waals surface area contributed by atoms with Crippen LogP contribution < -0.4 is 0 Å². The Morgan fingerprint density at radius 3 is 2.56 bits per heavy atom. The molecule has 0 spiro atoms. The molecule has 0 N–H and O–H groups in total. The fraction of sp³-hybridized carbons (Fsp3) is 0.364. The predicted molar refractivity (Wildman–Crippen MR) is 62.5 cm³/mol. The first-order valence-corrected chi connectivity index (χ1v) is 7.19. The molecule has 1 unspecified atom stereocenters. The fourth-order valence-corrected chi connectivity index (χ4v) is 3.85. The maximum atomic E-state index is 12.0. The van der Waals surface area contributed by atoms with Crippen LogP contribution in [0.25, 0.3) is 0 Å². The third kappa shape index (κ3) is 2.28. The fourth-order valence-electron chi connectivity index (χ4n) is 1.88. The van der Waals surface area contributed by atoms with Crippen LogP contribution in [0, 0.1) is 5.92 Å². The average Bonchev–Trinajstić information content (AvgIpc) is 2.59. The van der Waals surface area contributed by atoms with Crippen LogP contribution in [0.4, 0.5) is 0 Å². The minimum absolute atomic E-state index is 0.0446. The van der Waals surface area contributed by atoms with Crippen LogP contribution in [0.2, 0.25) is 5.02 Å². The Balaban J connectivity index is 2.25. The highest BCUT2D eigenvalue weighted by atomic mass is 35.5. The number of carbonyl (C=O) groups excluding carboxylic acids is 1. The van der Waals surface area contributed by atoms with Crippen LogP contribution in [0.5, 0.6) is 0 Å². The summed E-state index contributed by atoms with van der Waals surface area (Å²) < 4.78 is 22.6. The molecule has 0 bridgehead atoms. The zero-order valence-electron chi connectivity index (χ0n) is 8.52. The largest absolute Gasteiger partial charge is 0.294 e. The number of hydrogen-bond donors (Lipinski definition) is 0. The lowest BCUT2D eigenvalue weighted by Crippen LogP contribution is -2.16. The first-order chi connectivity index (χ1) is 7.49. The van der Waals surface area contributed by atoms with Crippen molar-refractivity contribution in [1.82, 2.24) is 0 Å². The second-order valence-electron chi connectivity index (χ2n) is 3.94. The Labute approximate surface area is 99.3 Å². The van der Waals surface area contributed by atoms with Crippen LogP contribution in [-0.4, -0.2) is 25.7 Å². The van der Waals surface area contributed by atoms with E-state index >= 15 is 0 Å². The number of rotatable bonds is 2. The molecule has 1 fully saturated rings. The van der Waals surface area contributed by atoms with Crippen LogP contribution in [0.15, 0.2) is 24.3 Å². The van der Waals surface area contributed by atoms with Gasteiger partial charge in [0.25, 0.3) is 0 Å². The number of carbonyl (C=O) groups is 1. The van der Waals surface area contributed by atoms with E-state index in [0.717, 1.165) is 0 Å². The zero-order valence-corrected chi connectivity index (χ0v) is 10.1. The van der Waals surface area contributed by atoms with Crippen LogP contribution in [0.3, 0.4) is 0 Å². The van der Waals surface area contributed by atoms with E-state index in [1.165, 1.54) is 0 Å². The molecule has 1 aliphatic rings. The van der Waals surface area contributed by atoms with Crippen molar-refractivity contribution in [3.63, 3.8) is 0 Å². The van der Waals surface area contributed by atoms with Gasteiger partial charge in [0.15, 0.2) is 15.6 Å². The van der Waals surface area contributed by atoms with Gasteiger partial charge in [0.05, 0.1) is 16.5 Å². The van der Waals surface area contributed by atoms with Crippen LogP contribution in [-0.2, 0) is 9.84 Å². The van der Waals surface area contributed by atoms with Gasteiger partial charge in [0.2, 0.25) is 0 Å². The summed E-state index contributed by atoms with van der Waals surface area (Å²) in [5, 5.41) is 0.386. The third-order valence-electron chi connectivity index (χ3n) is 2.74. The summed E-state index contributed by atoms with van der Waals surface area (Å²) in [6, 6.07) is 6.74. The summed E-state index contributed by atoms with van der Waals surface area (Å²) in [6.45, 7) is 0. The molecular formula is C11H11ClO3S. The van der Waals surface area contributed by atoms with E-state index in [4.69, 9.17) is 11.6 Å². The number of benzene rings is 1. The Hall–Kier alpha value is -0.870. The molecule has 1 atom stereocenters. The standard InChI is InChI=1S/C11H11ClO3S/c12-10-4-2-1-3-9(10)11(13)8-5-6-16(14,15)7-8/h1-4,8H,5-7H2. The van der Waals surface area contributed by atoms with E-state index in [-0.39, 0.29) is 17.3 Å². The molecule has 0 aromatic heterocycles. The molecule has 0 aliphatic carbocycles. The van der Waals surface area contributed by atoms with E-state index in [1.54, 1.807) is 24.3 Å². The topological polar surface area (TPSA) is 51.2 Å². The van der Waals surface area contributed by atoms with E-state index < -0.39 is 15.8 Å². The van der Waals surface area contributed by atoms with Gasteiger partial charge in [0.1, 0.15) is 0 Å². The molecule has 1 saturated heterocycles. The summed E-state index contributed by atoms with van der Waals surface area (Å²) in [6.07, 6.45) is 0.409. The highest BCUT2D eigenvalue weighted by Gasteiger charge is 2.33. The lowest BCUT2D eigenvalue weighted by atomic mass is 9.97. The molecule has 1 aromatic rings. The molecule has 0 radical (unpaired) electrons. The molecule has 1 aromatic carbocycles. The summed E-state index contributed by atoms with van der Waals surface area (Å²) >= 11 is 5.90. The zero-order chi connectivity index (χ0) is 11.8. The maximum Gasteiger partial charge on any atom is 0.168 e. The second kappa shape index (κ2) is 4.18. The SMILES string of the molecule is O=C(c1ccccc1Cl)C1CCS(=O)(=O)C1. The molecule has 16 heavy (non-hydrogen) atoms. The molecule has 0 saturated carbocycles. The van der Waals surface area contributed by atoms with E-state index in [2.05, 4.69) is 0 Å². The lowest BCUT2D eigenvalue weighted by Gasteiger charge is -2.07. The van der Waals surface area contributed by atoms with E-state index in [9.17, 15) is 13.2 Å². The van der Waals surface area contributed by atoms with Crippen molar-refractivity contribution in [2.45, 2.75) is 6.42 Å². The van der Waals surface area contributed by atoms with Gasteiger partial charge in [-0.25, -0.2) is 8.42 Å². The van der Waals surface area contributed by atoms with Gasteiger partial charge in [-0.3, -0.25) is 4.79 Å². The number of hydrogen-bond acceptors (Lipinski definition) is 3. The first-order valence-electron chi connectivity index (χ1n) is 4.99. The maximum absolute atomic E-state index is 12.0. The van der Waals surface area contributed by atoms with Gasteiger partial charge < -0.3 is 0 Å². The highest BCUT2D eigenvalue weighted by molar-refractivity contribution is 7.91. The summed E-state index contributed by atoms with van der Waals surface area (Å²) in [7, 11) is -3.03. The quantitative estimate of drug-likeness (QED) is 0.762. The molecule has 3 nitrogen and oxygen atoms in total. The van der Waals surface area contributed by atoms with Crippen LogP contribution in [0.1, 0.15) is 16.8 Å². The van der Waals surface area contributed by atoms with Crippen molar-refractivity contribution in [2.75, 3.05) is 11.5 Å². The molecule has 86 valence electrons. The van der Waals surface area contributed by atoms with E-state index in [1.807, 2.05) is 0 Å². The Bertz CT molecular complexity index is 522. The smallest absolute Gasteiger partial charge is 0.168 e. The lowest BCUT2D eigenvalue weighted by molar-refractivity contribution is 0.0933. The normalized spacial score (nSPS) is 23.2. The predicted octanol–water partition coefficient (Wildman–Crippen LogP) is 1.96. The third-order valence-corrected chi connectivity index (χ3v) is 4.84. The Morgan fingerprint density at radius 1 is 1.31 bits per heavy atom. The first kappa shape index (κ1) is 11.6. The van der Waals surface area contributed by atoms with Gasteiger partial charge in [-0.1, -0.05) is 23.7 Å². The van der Waals surface area contributed by atoms with Crippen molar-refractivity contribution < 1.29 is 13.2 Å². The molecule has 1 heterocycles. The van der Waals surface area contributed by atoms with Crippen molar-refractivity contribution in [1.29, 1.82) is 0 Å². The van der Waals surface area contributed by atoms with Gasteiger partial charge in [-0.2, -0.15) is 0 Å². The molecule has 2 rings (SSSR count). The monoisotopic (exact) mass is 258 g/mol. The molecule has 1 aliphatic heterocycles. The van der Waals surface area contributed by atoms with Crippen molar-refractivity contribution in [3.05, 3.63) is 34.9 Å². The summed E-state index contributed by atoms with van der Waals surface area (Å²) in [5.41, 5.74) is 0.422. The minimum Gasteiger partial charge on any atom is -0.294 e. The number of Topliss-reactive ketones (excluding diaryl/α,β-unsaturated/α-hetero) is 1. The molecule has 5 heteroatoms. The summed E-state index contributed by atoms with van der Waals surface area (Å²) in [5.74, 6) is -0.526. The molecule has 0 amide bonds.